The van der Waals surface area contributed by atoms with Crippen molar-refractivity contribution >= 4 is 5.78 Å². The molecule has 2 fully saturated rings. The number of carbonyl (C=O) groups excluding carboxylic acids is 1. The number of morpholine rings is 1. The highest BCUT2D eigenvalue weighted by Crippen LogP contribution is 2.25. The Hall–Kier alpha value is -1.27. The average molecular weight is 431 g/mol. The Bertz CT molecular complexity index is 669. The van der Waals surface area contributed by atoms with E-state index >= 15 is 0 Å². The lowest BCUT2D eigenvalue weighted by molar-refractivity contribution is -0.120. The van der Waals surface area contributed by atoms with Crippen LogP contribution in [-0.2, 0) is 22.5 Å². The van der Waals surface area contributed by atoms with Crippen molar-refractivity contribution in [2.45, 2.75) is 65.5 Å². The van der Waals surface area contributed by atoms with Gasteiger partial charge in [0.15, 0.2) is 0 Å². The van der Waals surface area contributed by atoms with Crippen LogP contribution in [0.2, 0.25) is 0 Å². The number of hydrogen-bond acceptors (Lipinski definition) is 5. The lowest BCUT2D eigenvalue weighted by Crippen LogP contribution is -2.43. The number of benzene rings is 1. The van der Waals surface area contributed by atoms with Crippen LogP contribution in [0.5, 0.6) is 0 Å². The number of hydrogen-bond donors (Lipinski definition) is 1. The lowest BCUT2D eigenvalue weighted by atomic mass is 9.87. The third-order valence-corrected chi connectivity index (χ3v) is 6.88. The van der Waals surface area contributed by atoms with Gasteiger partial charge in [0.25, 0.3) is 0 Å². The molecule has 0 amide bonds. The van der Waals surface area contributed by atoms with Gasteiger partial charge >= 0.3 is 0 Å². The van der Waals surface area contributed by atoms with E-state index in [1.807, 2.05) is 0 Å². The highest BCUT2D eigenvalue weighted by atomic mass is 16.5. The summed E-state index contributed by atoms with van der Waals surface area (Å²) in [6.07, 6.45) is 4.03. The molecule has 1 aromatic rings. The van der Waals surface area contributed by atoms with E-state index in [0.29, 0.717) is 24.5 Å². The van der Waals surface area contributed by atoms with E-state index in [4.69, 9.17) is 4.74 Å². The minimum absolute atomic E-state index is 0.0759. The second-order valence-corrected chi connectivity index (χ2v) is 10.6. The fourth-order valence-electron chi connectivity index (χ4n) is 4.43. The molecule has 1 atom stereocenters. The molecule has 0 spiro atoms. The Morgan fingerprint density at radius 2 is 1.65 bits per heavy atom. The third-order valence-electron chi connectivity index (χ3n) is 6.88. The van der Waals surface area contributed by atoms with Crippen molar-refractivity contribution in [3.05, 3.63) is 35.4 Å². The van der Waals surface area contributed by atoms with Gasteiger partial charge < -0.3 is 14.7 Å². The summed E-state index contributed by atoms with van der Waals surface area (Å²) in [6.45, 7) is 13.6. The molecule has 0 aliphatic carbocycles. The molecular formula is C26H42N2O3. The number of nitrogens with zero attached hydrogens (tertiary/aromatic N) is 2. The standard InChI is InChI=1S/C26H42N2O3/c1-26(2,3)25(30)20-27-12-10-22(11-13-27)18-24(29)9-8-21-4-6-23(7-5-21)19-28-14-16-31-17-15-28/h4-7,22,25,30H,8-20H2,1-3H3. The van der Waals surface area contributed by atoms with Gasteiger partial charge in [0.2, 0.25) is 0 Å². The summed E-state index contributed by atoms with van der Waals surface area (Å²) in [4.78, 5) is 17.3. The SMILES string of the molecule is CC(C)(C)C(O)CN1CCC(CC(=O)CCc2ccc(CN3CCOCC3)cc2)CC1. The van der Waals surface area contributed by atoms with E-state index in [-0.39, 0.29) is 11.5 Å². The molecule has 31 heavy (non-hydrogen) atoms. The zero-order valence-corrected chi connectivity index (χ0v) is 19.8. The number of Topliss-reactive ketones (excluding diaryl/α,β-unsaturated/α-hetero) is 1. The van der Waals surface area contributed by atoms with Crippen LogP contribution < -0.4 is 0 Å². The summed E-state index contributed by atoms with van der Waals surface area (Å²) in [5, 5.41) is 10.3. The number of aliphatic hydroxyl groups is 1. The number of aliphatic hydroxyl groups excluding tert-OH is 1. The van der Waals surface area contributed by atoms with Gasteiger partial charge in [-0.3, -0.25) is 9.69 Å². The number of rotatable bonds is 9. The predicted octanol–water partition coefficient (Wildman–Crippen LogP) is 3.53. The Kier molecular flexibility index (Phi) is 9.08. The molecule has 0 aromatic heterocycles. The molecular weight excluding hydrogens is 388 g/mol. The molecule has 5 heteroatoms. The highest BCUT2D eigenvalue weighted by Gasteiger charge is 2.27. The van der Waals surface area contributed by atoms with Crippen LogP contribution in [-0.4, -0.2) is 72.7 Å². The Labute approximate surface area is 188 Å². The molecule has 2 aliphatic heterocycles. The van der Waals surface area contributed by atoms with E-state index in [1.54, 1.807) is 0 Å². The largest absolute Gasteiger partial charge is 0.391 e. The van der Waals surface area contributed by atoms with Crippen molar-refractivity contribution in [1.29, 1.82) is 0 Å². The van der Waals surface area contributed by atoms with Gasteiger partial charge in [-0.25, -0.2) is 0 Å². The number of carbonyl (C=O) groups is 1. The summed E-state index contributed by atoms with van der Waals surface area (Å²) in [6, 6.07) is 8.78. The Morgan fingerprint density at radius 1 is 1.03 bits per heavy atom. The Balaban J connectivity index is 1.33. The van der Waals surface area contributed by atoms with Crippen molar-refractivity contribution in [3.8, 4) is 0 Å². The zero-order chi connectivity index (χ0) is 22.3. The van der Waals surface area contributed by atoms with E-state index in [0.717, 1.165) is 71.7 Å². The number of ether oxygens (including phenoxy) is 1. The highest BCUT2D eigenvalue weighted by molar-refractivity contribution is 5.78. The molecule has 1 N–H and O–H groups in total. The van der Waals surface area contributed by atoms with Crippen LogP contribution in [0.15, 0.2) is 24.3 Å². The summed E-state index contributed by atoms with van der Waals surface area (Å²) >= 11 is 0. The third kappa shape index (κ3) is 8.30. The van der Waals surface area contributed by atoms with Crippen molar-refractivity contribution in [2.75, 3.05) is 45.9 Å². The van der Waals surface area contributed by atoms with Crippen LogP contribution in [0.1, 0.15) is 57.6 Å². The molecule has 1 unspecified atom stereocenters. The van der Waals surface area contributed by atoms with Crippen molar-refractivity contribution in [1.82, 2.24) is 9.80 Å². The number of piperidine rings is 1. The molecule has 0 radical (unpaired) electrons. The molecule has 0 bridgehead atoms. The van der Waals surface area contributed by atoms with Crippen molar-refractivity contribution in [3.63, 3.8) is 0 Å². The van der Waals surface area contributed by atoms with Gasteiger partial charge in [-0.15, -0.1) is 0 Å². The molecule has 0 saturated carbocycles. The fraction of sp³-hybridized carbons (Fsp3) is 0.731. The second-order valence-electron chi connectivity index (χ2n) is 10.6. The van der Waals surface area contributed by atoms with Crippen LogP contribution in [0.3, 0.4) is 0 Å². The van der Waals surface area contributed by atoms with Crippen LogP contribution in [0.4, 0.5) is 0 Å². The van der Waals surface area contributed by atoms with Crippen molar-refractivity contribution in [2.24, 2.45) is 11.3 Å². The van der Waals surface area contributed by atoms with Gasteiger partial charge in [-0.05, 0) is 54.8 Å². The molecule has 2 aliphatic rings. The first-order valence-electron chi connectivity index (χ1n) is 12.1. The van der Waals surface area contributed by atoms with Gasteiger partial charge in [0.1, 0.15) is 5.78 Å². The predicted molar refractivity (Wildman–Crippen MR) is 125 cm³/mol. The van der Waals surface area contributed by atoms with Gasteiger partial charge in [0.05, 0.1) is 19.3 Å². The molecule has 174 valence electrons. The fourth-order valence-corrected chi connectivity index (χ4v) is 4.43. The Morgan fingerprint density at radius 3 is 2.26 bits per heavy atom. The monoisotopic (exact) mass is 430 g/mol. The molecule has 1 aromatic carbocycles. The number of likely N-dealkylation sites (tertiary alicyclic amines) is 1. The maximum atomic E-state index is 12.5. The molecule has 2 saturated heterocycles. The van der Waals surface area contributed by atoms with E-state index in [1.165, 1.54) is 11.1 Å². The lowest BCUT2D eigenvalue weighted by Gasteiger charge is -2.36. The summed E-state index contributed by atoms with van der Waals surface area (Å²) in [7, 11) is 0. The topological polar surface area (TPSA) is 53.0 Å². The van der Waals surface area contributed by atoms with Crippen LogP contribution in [0.25, 0.3) is 0 Å². The van der Waals surface area contributed by atoms with E-state index < -0.39 is 0 Å². The first kappa shape index (κ1) is 24.4. The minimum atomic E-state index is -0.300. The first-order valence-corrected chi connectivity index (χ1v) is 12.1. The number of aryl methyl sites for hydroxylation is 1. The first-order chi connectivity index (χ1) is 14.8. The zero-order valence-electron chi connectivity index (χ0n) is 19.8. The maximum Gasteiger partial charge on any atom is 0.133 e. The minimum Gasteiger partial charge on any atom is -0.391 e. The van der Waals surface area contributed by atoms with E-state index in [2.05, 4.69) is 54.8 Å². The maximum absolute atomic E-state index is 12.5. The molecule has 5 nitrogen and oxygen atoms in total. The van der Waals surface area contributed by atoms with Gasteiger partial charge in [0, 0.05) is 39.0 Å². The van der Waals surface area contributed by atoms with E-state index in [9.17, 15) is 9.90 Å². The van der Waals surface area contributed by atoms with Crippen LogP contribution in [0, 0.1) is 11.3 Å². The summed E-state index contributed by atoms with van der Waals surface area (Å²) in [5.74, 6) is 0.900. The van der Waals surface area contributed by atoms with Gasteiger partial charge in [-0.2, -0.15) is 0 Å². The van der Waals surface area contributed by atoms with Crippen molar-refractivity contribution < 1.29 is 14.6 Å². The smallest absolute Gasteiger partial charge is 0.133 e. The molecule has 3 rings (SSSR count). The normalized spacial score (nSPS) is 20.6. The molecule has 2 heterocycles. The summed E-state index contributed by atoms with van der Waals surface area (Å²) < 4.78 is 5.41. The summed E-state index contributed by atoms with van der Waals surface area (Å²) in [5.41, 5.74) is 2.51. The van der Waals surface area contributed by atoms with Gasteiger partial charge in [-0.1, -0.05) is 45.0 Å². The number of β-amino-alcohol motifs (C(OH)–C–C–N with tert-alkyl or cyclic N) is 1. The second kappa shape index (κ2) is 11.6. The van der Waals surface area contributed by atoms with Crippen LogP contribution >= 0.6 is 0 Å². The average Bonchev–Trinajstić information content (AvgIpc) is 2.75. The quantitative estimate of drug-likeness (QED) is 0.650. The number of ketones is 1.